The largest absolute Gasteiger partial charge is 0.496 e. The van der Waals surface area contributed by atoms with E-state index >= 15 is 0 Å². The molecule has 1 N–H and O–H groups in total. The van der Waals surface area contributed by atoms with Gasteiger partial charge in [-0.3, -0.25) is 0 Å². The quantitative estimate of drug-likeness (QED) is 0.718. The third-order valence-electron chi connectivity index (χ3n) is 2.24. The predicted octanol–water partition coefficient (Wildman–Crippen LogP) is 3.37. The summed E-state index contributed by atoms with van der Waals surface area (Å²) < 4.78 is 5.33. The molecule has 0 aromatic carbocycles. The van der Waals surface area contributed by atoms with Crippen LogP contribution in [0.15, 0.2) is 24.1 Å². The van der Waals surface area contributed by atoms with E-state index in [0.29, 0.717) is 6.04 Å². The monoisotopic (exact) mass is 225 g/mol. The van der Waals surface area contributed by atoms with Crippen LogP contribution < -0.4 is 10.1 Å². The highest BCUT2D eigenvalue weighted by molar-refractivity contribution is 7.10. The minimum atomic E-state index is 0.345. The van der Waals surface area contributed by atoms with Crippen LogP contribution >= 0.6 is 11.3 Å². The van der Waals surface area contributed by atoms with Gasteiger partial charge in [-0.15, -0.1) is 17.9 Å². The van der Waals surface area contributed by atoms with Crippen molar-refractivity contribution in [3.05, 3.63) is 29.0 Å². The first kappa shape index (κ1) is 12.3. The number of nitrogens with one attached hydrogen (secondary N) is 1. The van der Waals surface area contributed by atoms with Crippen LogP contribution in [0.1, 0.15) is 30.7 Å². The number of rotatable bonds is 7. The molecule has 0 bridgehead atoms. The zero-order valence-corrected chi connectivity index (χ0v) is 10.3. The summed E-state index contributed by atoms with van der Waals surface area (Å²) in [6.07, 6.45) is 4.03. The maximum atomic E-state index is 5.33. The highest BCUT2D eigenvalue weighted by Gasteiger charge is 2.15. The average Bonchev–Trinajstić information content (AvgIpc) is 2.72. The van der Waals surface area contributed by atoms with E-state index < -0.39 is 0 Å². The summed E-state index contributed by atoms with van der Waals surface area (Å²) in [5.74, 6) is 0.982. The second kappa shape index (κ2) is 6.64. The lowest BCUT2D eigenvalue weighted by Gasteiger charge is -2.16. The van der Waals surface area contributed by atoms with Gasteiger partial charge in [0.15, 0.2) is 0 Å². The summed E-state index contributed by atoms with van der Waals surface area (Å²) in [5.41, 5.74) is 0. The molecule has 0 aliphatic carbocycles. The minimum Gasteiger partial charge on any atom is -0.496 e. The summed E-state index contributed by atoms with van der Waals surface area (Å²) in [5, 5.41) is 5.57. The van der Waals surface area contributed by atoms with Gasteiger partial charge < -0.3 is 10.1 Å². The van der Waals surface area contributed by atoms with Crippen LogP contribution in [0.3, 0.4) is 0 Å². The van der Waals surface area contributed by atoms with Gasteiger partial charge >= 0.3 is 0 Å². The third kappa shape index (κ3) is 3.36. The van der Waals surface area contributed by atoms with Crippen LogP contribution in [-0.4, -0.2) is 13.7 Å². The number of methoxy groups -OCH3 is 1. The van der Waals surface area contributed by atoms with Crippen molar-refractivity contribution < 1.29 is 4.74 Å². The third-order valence-corrected chi connectivity index (χ3v) is 3.25. The van der Waals surface area contributed by atoms with E-state index in [0.717, 1.165) is 25.1 Å². The van der Waals surface area contributed by atoms with Crippen molar-refractivity contribution in [2.24, 2.45) is 0 Å². The first-order valence-electron chi connectivity index (χ1n) is 5.29. The molecule has 0 spiro atoms. The molecule has 0 aliphatic rings. The van der Waals surface area contributed by atoms with Gasteiger partial charge in [-0.2, -0.15) is 0 Å². The molecule has 1 aromatic heterocycles. The Kier molecular flexibility index (Phi) is 5.43. The molecule has 0 radical (unpaired) electrons. The molecular formula is C12H19NOS. The Labute approximate surface area is 96.0 Å². The summed E-state index contributed by atoms with van der Waals surface area (Å²) in [4.78, 5) is 1.27. The lowest BCUT2D eigenvalue weighted by atomic mass is 10.1. The fourth-order valence-electron chi connectivity index (χ4n) is 1.50. The molecule has 0 fully saturated rings. The molecule has 2 nitrogen and oxygen atoms in total. The van der Waals surface area contributed by atoms with Crippen molar-refractivity contribution in [3.8, 4) is 5.75 Å². The second-order valence-electron chi connectivity index (χ2n) is 3.38. The Balaban J connectivity index is 2.73. The molecule has 1 aromatic rings. The van der Waals surface area contributed by atoms with E-state index in [1.807, 2.05) is 12.1 Å². The van der Waals surface area contributed by atoms with Gasteiger partial charge in [0.1, 0.15) is 5.75 Å². The van der Waals surface area contributed by atoms with Gasteiger partial charge in [-0.1, -0.05) is 13.0 Å². The van der Waals surface area contributed by atoms with Crippen molar-refractivity contribution in [1.82, 2.24) is 5.32 Å². The Hall–Kier alpha value is -0.800. The maximum absolute atomic E-state index is 5.33. The summed E-state index contributed by atoms with van der Waals surface area (Å²) >= 11 is 1.74. The van der Waals surface area contributed by atoms with Crippen LogP contribution in [-0.2, 0) is 0 Å². The van der Waals surface area contributed by atoms with Gasteiger partial charge in [0.05, 0.1) is 12.0 Å². The fraction of sp³-hybridized carbons (Fsp3) is 0.500. The van der Waals surface area contributed by atoms with E-state index in [1.54, 1.807) is 18.4 Å². The number of hydrogen-bond acceptors (Lipinski definition) is 3. The van der Waals surface area contributed by atoms with Crippen LogP contribution in [0.2, 0.25) is 0 Å². The Morgan fingerprint density at radius 1 is 1.67 bits per heavy atom. The molecule has 1 heterocycles. The highest BCUT2D eigenvalue weighted by Crippen LogP contribution is 2.32. The fourth-order valence-corrected chi connectivity index (χ4v) is 2.45. The van der Waals surface area contributed by atoms with Crippen molar-refractivity contribution in [2.45, 2.75) is 25.8 Å². The van der Waals surface area contributed by atoms with E-state index in [-0.39, 0.29) is 0 Å². The topological polar surface area (TPSA) is 21.3 Å². The Morgan fingerprint density at radius 3 is 3.07 bits per heavy atom. The van der Waals surface area contributed by atoms with Gasteiger partial charge in [-0.05, 0) is 30.8 Å². The molecule has 0 amide bonds. The molecule has 1 rings (SSSR count). The number of ether oxygens (including phenoxy) is 1. The van der Waals surface area contributed by atoms with Crippen molar-refractivity contribution >= 4 is 11.3 Å². The highest BCUT2D eigenvalue weighted by atomic mass is 32.1. The van der Waals surface area contributed by atoms with Crippen molar-refractivity contribution in [3.63, 3.8) is 0 Å². The normalized spacial score (nSPS) is 12.4. The summed E-state index contributed by atoms with van der Waals surface area (Å²) in [6, 6.07) is 2.36. The summed E-state index contributed by atoms with van der Waals surface area (Å²) in [6.45, 7) is 7.00. The number of hydrogen-bond donors (Lipinski definition) is 1. The molecule has 0 aliphatic heterocycles. The van der Waals surface area contributed by atoms with Crippen LogP contribution in [0.4, 0.5) is 0 Å². The number of thiophene rings is 1. The lowest BCUT2D eigenvalue weighted by molar-refractivity contribution is 0.403. The first-order valence-corrected chi connectivity index (χ1v) is 6.17. The van der Waals surface area contributed by atoms with E-state index in [2.05, 4.69) is 24.2 Å². The van der Waals surface area contributed by atoms with Crippen molar-refractivity contribution in [2.75, 3.05) is 13.7 Å². The van der Waals surface area contributed by atoms with Crippen LogP contribution in [0, 0.1) is 0 Å². The smallest absolute Gasteiger partial charge is 0.134 e. The van der Waals surface area contributed by atoms with E-state index in [4.69, 9.17) is 4.74 Å². The van der Waals surface area contributed by atoms with Crippen LogP contribution in [0.25, 0.3) is 0 Å². The van der Waals surface area contributed by atoms with Gasteiger partial charge in [-0.25, -0.2) is 0 Å². The van der Waals surface area contributed by atoms with Gasteiger partial charge in [0.25, 0.3) is 0 Å². The standard InChI is InChI=1S/C12H19NOS/c1-4-6-10(13-8-5-2)12-11(14-3)7-9-15-12/h4,7,9-10,13H,1,5-6,8H2,2-3H3. The molecule has 84 valence electrons. The zero-order valence-electron chi connectivity index (χ0n) is 9.45. The van der Waals surface area contributed by atoms with Gasteiger partial charge in [0, 0.05) is 6.04 Å². The first-order chi connectivity index (χ1) is 7.33. The zero-order chi connectivity index (χ0) is 11.1. The predicted molar refractivity (Wildman–Crippen MR) is 66.7 cm³/mol. The Morgan fingerprint density at radius 2 is 2.47 bits per heavy atom. The van der Waals surface area contributed by atoms with Crippen molar-refractivity contribution in [1.29, 1.82) is 0 Å². The second-order valence-corrected chi connectivity index (χ2v) is 4.33. The van der Waals surface area contributed by atoms with Crippen LogP contribution in [0.5, 0.6) is 5.75 Å². The molecule has 15 heavy (non-hydrogen) atoms. The molecule has 1 unspecified atom stereocenters. The lowest BCUT2D eigenvalue weighted by Crippen LogP contribution is -2.21. The molecule has 3 heteroatoms. The Bertz CT molecular complexity index is 296. The molecule has 0 saturated carbocycles. The molecule has 0 saturated heterocycles. The van der Waals surface area contributed by atoms with E-state index in [1.165, 1.54) is 4.88 Å². The van der Waals surface area contributed by atoms with Gasteiger partial charge in [0.2, 0.25) is 0 Å². The molecular weight excluding hydrogens is 206 g/mol. The van der Waals surface area contributed by atoms with E-state index in [9.17, 15) is 0 Å². The maximum Gasteiger partial charge on any atom is 0.134 e. The average molecular weight is 225 g/mol. The SMILES string of the molecule is C=CCC(NCCC)c1sccc1OC. The minimum absolute atomic E-state index is 0.345. The summed E-state index contributed by atoms with van der Waals surface area (Å²) in [7, 11) is 1.72. The molecule has 1 atom stereocenters.